The third kappa shape index (κ3) is 6.31. The van der Waals surface area contributed by atoms with Crippen molar-refractivity contribution in [2.24, 2.45) is 0 Å². The smallest absolute Gasteiger partial charge is 0.325 e. The number of carbonyl (C=O) groups is 3. The SMILES string of the molecule is CCC(CC)NC(=O)c1cc(-c2cccc(-c3ncc(C(=O)NCC(=O)OC(C)C)o3)c2)[nH]n1. The van der Waals surface area contributed by atoms with Crippen molar-refractivity contribution in [3.63, 3.8) is 0 Å². The molecule has 10 nitrogen and oxygen atoms in total. The molecule has 2 heterocycles. The number of nitrogens with zero attached hydrogens (tertiary/aromatic N) is 2. The van der Waals surface area contributed by atoms with Crippen molar-refractivity contribution < 1.29 is 23.5 Å². The van der Waals surface area contributed by atoms with Crippen LogP contribution in [0.25, 0.3) is 22.7 Å². The molecule has 1 aromatic carbocycles. The van der Waals surface area contributed by atoms with E-state index in [4.69, 9.17) is 9.15 Å². The molecule has 0 aliphatic heterocycles. The third-order valence-corrected chi connectivity index (χ3v) is 5.04. The number of esters is 1. The van der Waals surface area contributed by atoms with Gasteiger partial charge in [0.05, 0.1) is 18.0 Å². The molecule has 180 valence electrons. The lowest BCUT2D eigenvalue weighted by Crippen LogP contribution is -2.33. The first-order chi connectivity index (χ1) is 16.3. The number of carbonyl (C=O) groups excluding carboxylic acids is 3. The van der Waals surface area contributed by atoms with E-state index in [1.165, 1.54) is 6.20 Å². The van der Waals surface area contributed by atoms with Crippen LogP contribution in [0.5, 0.6) is 0 Å². The van der Waals surface area contributed by atoms with Crippen LogP contribution in [0.15, 0.2) is 40.9 Å². The van der Waals surface area contributed by atoms with E-state index < -0.39 is 11.9 Å². The number of oxazole rings is 1. The van der Waals surface area contributed by atoms with Crippen LogP contribution in [0.4, 0.5) is 0 Å². The summed E-state index contributed by atoms with van der Waals surface area (Å²) in [5.41, 5.74) is 2.36. The molecule has 3 N–H and O–H groups in total. The Kier molecular flexibility index (Phi) is 8.18. The van der Waals surface area contributed by atoms with Gasteiger partial charge in [0.2, 0.25) is 11.7 Å². The molecule has 0 aliphatic carbocycles. The summed E-state index contributed by atoms with van der Waals surface area (Å²) in [5.74, 6) is -1.13. The average Bonchev–Trinajstić information content (AvgIpc) is 3.51. The highest BCUT2D eigenvalue weighted by Crippen LogP contribution is 2.25. The first-order valence-electron chi connectivity index (χ1n) is 11.2. The zero-order chi connectivity index (χ0) is 24.7. The van der Waals surface area contributed by atoms with Crippen molar-refractivity contribution in [1.82, 2.24) is 25.8 Å². The summed E-state index contributed by atoms with van der Waals surface area (Å²) in [6.45, 7) is 7.23. The molecule has 3 aromatic rings. The molecule has 2 amide bonds. The Morgan fingerprint density at radius 3 is 2.53 bits per heavy atom. The van der Waals surface area contributed by atoms with Crippen molar-refractivity contribution in [1.29, 1.82) is 0 Å². The molecule has 0 bridgehead atoms. The van der Waals surface area contributed by atoms with E-state index in [2.05, 4.69) is 25.8 Å². The molecule has 0 spiro atoms. The number of H-pyrrole nitrogens is 1. The number of nitrogens with one attached hydrogen (secondary N) is 3. The largest absolute Gasteiger partial charge is 0.462 e. The number of aromatic amines is 1. The number of hydrogen-bond donors (Lipinski definition) is 3. The van der Waals surface area contributed by atoms with Gasteiger partial charge in [0, 0.05) is 17.2 Å². The normalized spacial score (nSPS) is 11.0. The van der Waals surface area contributed by atoms with Gasteiger partial charge in [-0.3, -0.25) is 19.5 Å². The molecule has 0 fully saturated rings. The standard InChI is InChI=1S/C24H29N5O5/c1-5-17(6-2)27-22(31)19-11-18(28-29-19)15-8-7-9-16(10-15)24-26-12-20(34-24)23(32)25-13-21(30)33-14(3)4/h7-12,14,17H,5-6,13H2,1-4H3,(H,25,32)(H,27,31)(H,28,29). The molecule has 0 radical (unpaired) electrons. The molecule has 0 atom stereocenters. The number of ether oxygens (including phenoxy) is 1. The lowest BCUT2D eigenvalue weighted by Gasteiger charge is -2.13. The molecule has 3 rings (SSSR count). The van der Waals surface area contributed by atoms with Gasteiger partial charge in [-0.15, -0.1) is 0 Å². The summed E-state index contributed by atoms with van der Waals surface area (Å²) in [6, 6.07) is 9.05. The van der Waals surface area contributed by atoms with Crippen LogP contribution in [0.1, 0.15) is 61.6 Å². The van der Waals surface area contributed by atoms with Gasteiger partial charge in [0.25, 0.3) is 11.8 Å². The van der Waals surface area contributed by atoms with Gasteiger partial charge in [-0.05, 0) is 44.9 Å². The summed E-state index contributed by atoms with van der Waals surface area (Å²) in [4.78, 5) is 40.5. The number of benzene rings is 1. The second-order valence-corrected chi connectivity index (χ2v) is 7.99. The Bertz CT molecular complexity index is 1150. The maximum atomic E-state index is 12.4. The molecule has 34 heavy (non-hydrogen) atoms. The second kappa shape index (κ2) is 11.3. The minimum Gasteiger partial charge on any atom is -0.462 e. The Hall–Kier alpha value is -3.95. The fourth-order valence-corrected chi connectivity index (χ4v) is 3.21. The molecule has 0 unspecified atom stereocenters. The van der Waals surface area contributed by atoms with E-state index in [1.807, 2.05) is 26.0 Å². The summed E-state index contributed by atoms with van der Waals surface area (Å²) in [6.07, 6.45) is 2.72. The average molecular weight is 468 g/mol. The van der Waals surface area contributed by atoms with Crippen LogP contribution >= 0.6 is 0 Å². The van der Waals surface area contributed by atoms with E-state index in [0.29, 0.717) is 17.0 Å². The highest BCUT2D eigenvalue weighted by Gasteiger charge is 2.17. The summed E-state index contributed by atoms with van der Waals surface area (Å²) in [5, 5.41) is 12.4. The summed E-state index contributed by atoms with van der Waals surface area (Å²) in [7, 11) is 0. The van der Waals surface area contributed by atoms with E-state index >= 15 is 0 Å². The second-order valence-electron chi connectivity index (χ2n) is 7.99. The van der Waals surface area contributed by atoms with E-state index in [-0.39, 0.29) is 36.2 Å². The maximum absolute atomic E-state index is 12.4. The monoisotopic (exact) mass is 467 g/mol. The fourth-order valence-electron chi connectivity index (χ4n) is 3.21. The third-order valence-electron chi connectivity index (χ3n) is 5.04. The number of hydrogen-bond acceptors (Lipinski definition) is 7. The van der Waals surface area contributed by atoms with Gasteiger partial charge in [0.1, 0.15) is 6.54 Å². The van der Waals surface area contributed by atoms with Crippen LogP contribution in [-0.4, -0.2) is 51.7 Å². The molecule has 0 saturated carbocycles. The fraction of sp³-hybridized carbons (Fsp3) is 0.375. The summed E-state index contributed by atoms with van der Waals surface area (Å²) < 4.78 is 10.6. The van der Waals surface area contributed by atoms with E-state index in [0.717, 1.165) is 18.4 Å². The van der Waals surface area contributed by atoms with Crippen LogP contribution in [0.3, 0.4) is 0 Å². The number of amides is 2. The lowest BCUT2D eigenvalue weighted by atomic mass is 10.1. The molecular weight excluding hydrogens is 438 g/mol. The minimum atomic E-state index is -0.572. The topological polar surface area (TPSA) is 139 Å². The first kappa shape index (κ1) is 24.7. The van der Waals surface area contributed by atoms with Gasteiger partial charge < -0.3 is 19.8 Å². The Morgan fingerprint density at radius 1 is 1.09 bits per heavy atom. The van der Waals surface area contributed by atoms with Crippen molar-refractivity contribution >= 4 is 17.8 Å². The first-order valence-corrected chi connectivity index (χ1v) is 11.2. The van der Waals surface area contributed by atoms with Crippen molar-refractivity contribution in [2.75, 3.05) is 6.54 Å². The van der Waals surface area contributed by atoms with Gasteiger partial charge in [-0.1, -0.05) is 26.0 Å². The van der Waals surface area contributed by atoms with Gasteiger partial charge in [-0.25, -0.2) is 4.98 Å². The van der Waals surface area contributed by atoms with Crippen LogP contribution in [0, 0.1) is 0 Å². The lowest BCUT2D eigenvalue weighted by molar-refractivity contribution is -0.146. The van der Waals surface area contributed by atoms with Crippen LogP contribution < -0.4 is 10.6 Å². The van der Waals surface area contributed by atoms with Gasteiger partial charge in [0.15, 0.2) is 5.69 Å². The molecule has 0 aliphatic rings. The molecule has 10 heteroatoms. The minimum absolute atomic E-state index is 0.0281. The zero-order valence-electron chi connectivity index (χ0n) is 19.7. The highest BCUT2D eigenvalue weighted by molar-refractivity contribution is 5.94. The Morgan fingerprint density at radius 2 is 1.82 bits per heavy atom. The highest BCUT2D eigenvalue weighted by atomic mass is 16.5. The van der Waals surface area contributed by atoms with E-state index in [9.17, 15) is 14.4 Å². The Labute approximate surface area is 197 Å². The quantitative estimate of drug-likeness (QED) is 0.389. The van der Waals surface area contributed by atoms with Crippen LogP contribution in [-0.2, 0) is 9.53 Å². The van der Waals surface area contributed by atoms with Gasteiger partial charge in [-0.2, -0.15) is 5.10 Å². The van der Waals surface area contributed by atoms with E-state index in [1.54, 1.807) is 32.0 Å². The van der Waals surface area contributed by atoms with Crippen LogP contribution in [0.2, 0.25) is 0 Å². The maximum Gasteiger partial charge on any atom is 0.325 e. The number of aromatic nitrogens is 3. The van der Waals surface area contributed by atoms with Crippen molar-refractivity contribution in [3.8, 4) is 22.7 Å². The van der Waals surface area contributed by atoms with Crippen molar-refractivity contribution in [3.05, 3.63) is 48.0 Å². The molecular formula is C24H29N5O5. The Balaban J connectivity index is 1.69. The molecule has 2 aromatic heterocycles. The predicted octanol–water partition coefficient (Wildman–Crippen LogP) is 3.33. The van der Waals surface area contributed by atoms with Gasteiger partial charge >= 0.3 is 5.97 Å². The predicted molar refractivity (Wildman–Crippen MR) is 125 cm³/mol. The number of rotatable bonds is 10. The van der Waals surface area contributed by atoms with Crippen molar-refractivity contribution in [2.45, 2.75) is 52.7 Å². The summed E-state index contributed by atoms with van der Waals surface area (Å²) >= 11 is 0. The molecule has 0 saturated heterocycles. The zero-order valence-corrected chi connectivity index (χ0v) is 19.7.